The number of carbonyl (C=O) groups is 1. The number of unbranched alkanes of at least 4 members (excludes halogenated alkanes) is 3. The molecule has 0 fully saturated rings. The number of hydrogen-bond donors (Lipinski definition) is 1. The average Bonchev–Trinajstić information content (AvgIpc) is 2.74. The Morgan fingerprint density at radius 2 is 1.64 bits per heavy atom. The number of carbonyl (C=O) groups excluding carboxylic acids is 1. The molecule has 6 heteroatoms. The number of methoxy groups -OCH3 is 2. The fourth-order valence-corrected chi connectivity index (χ4v) is 2.54. The van der Waals surface area contributed by atoms with Crippen molar-refractivity contribution in [2.24, 2.45) is 5.10 Å². The highest BCUT2D eigenvalue weighted by atomic mass is 16.5. The monoisotopic (exact) mass is 384 g/mol. The molecule has 0 spiro atoms. The second-order valence-electron chi connectivity index (χ2n) is 6.28. The van der Waals surface area contributed by atoms with E-state index in [2.05, 4.69) is 17.5 Å². The van der Waals surface area contributed by atoms with Gasteiger partial charge in [-0.3, -0.25) is 4.79 Å². The van der Waals surface area contributed by atoms with Crippen molar-refractivity contribution < 1.29 is 19.0 Å². The third-order valence-electron chi connectivity index (χ3n) is 4.14. The van der Waals surface area contributed by atoms with Gasteiger partial charge >= 0.3 is 0 Å². The second-order valence-corrected chi connectivity index (χ2v) is 6.28. The van der Waals surface area contributed by atoms with Crippen molar-refractivity contribution in [2.75, 3.05) is 20.8 Å². The molecule has 0 aromatic heterocycles. The second kappa shape index (κ2) is 11.6. The van der Waals surface area contributed by atoms with Crippen molar-refractivity contribution in [1.82, 2.24) is 5.43 Å². The molecule has 0 heterocycles. The first-order valence-electron chi connectivity index (χ1n) is 9.45. The molecular formula is C22H28N2O4. The summed E-state index contributed by atoms with van der Waals surface area (Å²) in [5.74, 6) is 1.57. The van der Waals surface area contributed by atoms with Crippen LogP contribution in [0, 0.1) is 0 Å². The molecule has 6 nitrogen and oxygen atoms in total. The Balaban J connectivity index is 1.86. The maximum absolute atomic E-state index is 12.3. The minimum absolute atomic E-state index is 0.347. The molecule has 0 saturated carbocycles. The minimum Gasteiger partial charge on any atom is -0.497 e. The molecule has 0 atom stereocenters. The fraction of sp³-hybridized carbons (Fsp3) is 0.364. The fourth-order valence-electron chi connectivity index (χ4n) is 2.54. The lowest BCUT2D eigenvalue weighted by Gasteiger charge is -2.07. The third kappa shape index (κ3) is 6.95. The summed E-state index contributed by atoms with van der Waals surface area (Å²) in [6, 6.07) is 12.5. The molecule has 0 aliphatic carbocycles. The quantitative estimate of drug-likeness (QED) is 0.354. The van der Waals surface area contributed by atoms with Crippen LogP contribution in [-0.4, -0.2) is 32.9 Å². The molecule has 0 aliphatic rings. The molecule has 150 valence electrons. The molecule has 0 saturated heterocycles. The number of hydrogen-bond acceptors (Lipinski definition) is 5. The lowest BCUT2D eigenvalue weighted by Crippen LogP contribution is -2.17. The summed E-state index contributed by atoms with van der Waals surface area (Å²) in [4.78, 5) is 12.3. The molecule has 1 N–H and O–H groups in total. The van der Waals surface area contributed by atoms with E-state index in [1.54, 1.807) is 24.4 Å². The lowest BCUT2D eigenvalue weighted by molar-refractivity contribution is 0.0954. The molecule has 2 rings (SSSR count). The SMILES string of the molecule is CCCCCCOc1ccc(/C=N\NC(=O)c2cc(OC)cc(OC)c2)cc1. The zero-order valence-corrected chi connectivity index (χ0v) is 16.7. The van der Waals surface area contributed by atoms with E-state index in [1.165, 1.54) is 33.5 Å². The molecule has 2 aromatic rings. The van der Waals surface area contributed by atoms with Crippen molar-refractivity contribution in [3.8, 4) is 17.2 Å². The van der Waals surface area contributed by atoms with Crippen LogP contribution >= 0.6 is 0 Å². The average molecular weight is 384 g/mol. The molecule has 0 aliphatic heterocycles. The first kappa shape index (κ1) is 21.3. The summed E-state index contributed by atoms with van der Waals surface area (Å²) >= 11 is 0. The van der Waals surface area contributed by atoms with Crippen molar-refractivity contribution in [1.29, 1.82) is 0 Å². The molecule has 0 radical (unpaired) electrons. The van der Waals surface area contributed by atoms with Crippen LogP contribution in [0.25, 0.3) is 0 Å². The normalized spacial score (nSPS) is 10.7. The van der Waals surface area contributed by atoms with E-state index < -0.39 is 0 Å². The zero-order chi connectivity index (χ0) is 20.2. The van der Waals surface area contributed by atoms with Crippen LogP contribution in [-0.2, 0) is 0 Å². The van der Waals surface area contributed by atoms with Crippen molar-refractivity contribution >= 4 is 12.1 Å². The smallest absolute Gasteiger partial charge is 0.271 e. The first-order chi connectivity index (χ1) is 13.7. The molecule has 2 aromatic carbocycles. The highest BCUT2D eigenvalue weighted by Crippen LogP contribution is 2.22. The maximum Gasteiger partial charge on any atom is 0.271 e. The Morgan fingerprint density at radius 3 is 2.25 bits per heavy atom. The Hall–Kier alpha value is -3.02. The van der Waals surface area contributed by atoms with Gasteiger partial charge in [0.2, 0.25) is 0 Å². The van der Waals surface area contributed by atoms with Gasteiger partial charge in [0.05, 0.1) is 27.0 Å². The van der Waals surface area contributed by atoms with Gasteiger partial charge in [0, 0.05) is 11.6 Å². The van der Waals surface area contributed by atoms with E-state index in [1.807, 2.05) is 24.3 Å². The van der Waals surface area contributed by atoms with E-state index in [4.69, 9.17) is 14.2 Å². The number of nitrogens with one attached hydrogen (secondary N) is 1. The van der Waals surface area contributed by atoms with E-state index in [0.717, 1.165) is 24.3 Å². The Labute approximate surface area is 166 Å². The summed E-state index contributed by atoms with van der Waals surface area (Å²) in [5, 5.41) is 4.01. The summed E-state index contributed by atoms with van der Waals surface area (Å²) in [6.07, 6.45) is 6.31. The number of rotatable bonds is 11. The minimum atomic E-state index is -0.347. The van der Waals surface area contributed by atoms with Gasteiger partial charge in [-0.25, -0.2) is 5.43 Å². The number of benzene rings is 2. The number of nitrogens with zero attached hydrogens (tertiary/aromatic N) is 1. The molecule has 0 bridgehead atoms. The Kier molecular flexibility index (Phi) is 8.85. The topological polar surface area (TPSA) is 69.2 Å². The van der Waals surface area contributed by atoms with Crippen LogP contribution in [0.15, 0.2) is 47.6 Å². The van der Waals surface area contributed by atoms with Crippen LogP contribution in [0.1, 0.15) is 48.5 Å². The van der Waals surface area contributed by atoms with Gasteiger partial charge < -0.3 is 14.2 Å². The van der Waals surface area contributed by atoms with Gasteiger partial charge in [0.1, 0.15) is 17.2 Å². The molecule has 28 heavy (non-hydrogen) atoms. The van der Waals surface area contributed by atoms with Crippen molar-refractivity contribution in [2.45, 2.75) is 32.6 Å². The summed E-state index contributed by atoms with van der Waals surface area (Å²) < 4.78 is 16.1. The van der Waals surface area contributed by atoms with Gasteiger partial charge in [-0.1, -0.05) is 26.2 Å². The van der Waals surface area contributed by atoms with Gasteiger partial charge in [-0.05, 0) is 48.4 Å². The summed E-state index contributed by atoms with van der Waals surface area (Å²) in [5.41, 5.74) is 3.77. The van der Waals surface area contributed by atoms with Gasteiger partial charge in [0.15, 0.2) is 0 Å². The highest BCUT2D eigenvalue weighted by Gasteiger charge is 2.09. The van der Waals surface area contributed by atoms with Gasteiger partial charge in [-0.2, -0.15) is 5.10 Å². The Morgan fingerprint density at radius 1 is 0.964 bits per heavy atom. The number of hydrazone groups is 1. The predicted molar refractivity (Wildman–Crippen MR) is 111 cm³/mol. The largest absolute Gasteiger partial charge is 0.497 e. The molecule has 1 amide bonds. The van der Waals surface area contributed by atoms with E-state index in [-0.39, 0.29) is 5.91 Å². The van der Waals surface area contributed by atoms with Gasteiger partial charge in [0.25, 0.3) is 5.91 Å². The highest BCUT2D eigenvalue weighted by molar-refractivity contribution is 5.95. The predicted octanol–water partition coefficient (Wildman–Crippen LogP) is 4.43. The maximum atomic E-state index is 12.3. The molecule has 0 unspecified atom stereocenters. The van der Waals surface area contributed by atoms with Crippen LogP contribution in [0.4, 0.5) is 0 Å². The Bertz CT molecular complexity index is 750. The van der Waals surface area contributed by atoms with E-state index >= 15 is 0 Å². The molecular weight excluding hydrogens is 356 g/mol. The zero-order valence-electron chi connectivity index (χ0n) is 16.7. The summed E-state index contributed by atoms with van der Waals surface area (Å²) in [7, 11) is 3.07. The van der Waals surface area contributed by atoms with E-state index in [0.29, 0.717) is 17.1 Å². The lowest BCUT2D eigenvalue weighted by atomic mass is 10.2. The van der Waals surface area contributed by atoms with Crippen molar-refractivity contribution in [3.05, 3.63) is 53.6 Å². The van der Waals surface area contributed by atoms with E-state index in [9.17, 15) is 4.79 Å². The van der Waals surface area contributed by atoms with Crippen LogP contribution in [0.3, 0.4) is 0 Å². The van der Waals surface area contributed by atoms with Crippen LogP contribution in [0.5, 0.6) is 17.2 Å². The van der Waals surface area contributed by atoms with Crippen LogP contribution in [0.2, 0.25) is 0 Å². The third-order valence-corrected chi connectivity index (χ3v) is 4.14. The summed E-state index contributed by atoms with van der Waals surface area (Å²) in [6.45, 7) is 2.92. The van der Waals surface area contributed by atoms with Crippen molar-refractivity contribution in [3.63, 3.8) is 0 Å². The first-order valence-corrected chi connectivity index (χ1v) is 9.45. The van der Waals surface area contributed by atoms with Gasteiger partial charge in [-0.15, -0.1) is 0 Å². The number of amides is 1. The standard InChI is InChI=1S/C22H28N2O4/c1-4-5-6-7-12-28-19-10-8-17(9-11-19)16-23-24-22(25)18-13-20(26-2)15-21(14-18)27-3/h8-11,13-16H,4-7,12H2,1-3H3,(H,24,25)/b23-16-. The van der Waals surface area contributed by atoms with Crippen LogP contribution < -0.4 is 19.6 Å². The number of ether oxygens (including phenoxy) is 3.